The van der Waals surface area contributed by atoms with Gasteiger partial charge in [-0.05, 0) is 50.7 Å². The van der Waals surface area contributed by atoms with Gasteiger partial charge >= 0.3 is 0 Å². The van der Waals surface area contributed by atoms with Crippen LogP contribution in [-0.4, -0.2) is 0 Å². The molecule has 3 nitrogen and oxygen atoms in total. The topological polar surface area (TPSA) is 71.4 Å². The van der Waals surface area contributed by atoms with Crippen molar-refractivity contribution in [2.75, 3.05) is 0 Å². The molecule has 0 saturated heterocycles. The lowest BCUT2D eigenvalue weighted by atomic mass is 9.91. The summed E-state index contributed by atoms with van der Waals surface area (Å²) in [5.74, 6) is 0. The second-order valence-electron chi connectivity index (χ2n) is 9.01. The summed E-state index contributed by atoms with van der Waals surface area (Å²) in [6.45, 7) is 1.87. The Morgan fingerprint density at radius 3 is 1.61 bits per heavy atom. The zero-order valence-electron chi connectivity index (χ0n) is 19.2. The molecule has 4 heteroatoms. The molecule has 1 heterocycles. The molecular formula is C32H15N3S. The Morgan fingerprint density at radius 1 is 0.583 bits per heavy atom. The first-order chi connectivity index (χ1) is 17.7. The van der Waals surface area contributed by atoms with E-state index >= 15 is 0 Å². The minimum absolute atomic E-state index is 0.117. The van der Waals surface area contributed by atoms with Crippen LogP contribution < -0.4 is 0 Å². The Morgan fingerprint density at radius 2 is 1.08 bits per heavy atom. The smallest absolute Gasteiger partial charge is 0.138 e. The maximum atomic E-state index is 9.92. The molecule has 1 aromatic heterocycles. The molecule has 0 saturated carbocycles. The summed E-state index contributed by atoms with van der Waals surface area (Å²) in [5, 5.41) is 34.2. The van der Waals surface area contributed by atoms with E-state index in [1.54, 1.807) is 11.3 Å². The molecule has 0 aliphatic heterocycles. The molecule has 0 spiro atoms. The Balaban J connectivity index is 1.75. The first-order valence-corrected chi connectivity index (χ1v) is 12.4. The van der Waals surface area contributed by atoms with E-state index in [9.17, 15) is 15.8 Å². The predicted octanol–water partition coefficient (Wildman–Crippen LogP) is 8.21. The maximum Gasteiger partial charge on any atom is 0.138 e. The van der Waals surface area contributed by atoms with Crippen molar-refractivity contribution in [3.05, 3.63) is 105 Å². The van der Waals surface area contributed by atoms with Gasteiger partial charge in [0.2, 0.25) is 0 Å². The Bertz CT molecular complexity index is 2010. The molecule has 0 unspecified atom stereocenters. The average Bonchev–Trinajstić information content (AvgIpc) is 3.55. The molecule has 0 bridgehead atoms. The van der Waals surface area contributed by atoms with Gasteiger partial charge in [-0.25, -0.2) is 0 Å². The molecule has 0 fully saturated rings. The highest BCUT2D eigenvalue weighted by molar-refractivity contribution is 7.16. The summed E-state index contributed by atoms with van der Waals surface area (Å²) in [5.41, 5.74) is 8.78. The summed E-state index contributed by atoms with van der Waals surface area (Å²) in [6, 6.07) is 31.6. The van der Waals surface area contributed by atoms with E-state index < -0.39 is 0 Å². The van der Waals surface area contributed by atoms with Crippen LogP contribution in [0.5, 0.6) is 0 Å². The number of rotatable bonds is 0. The van der Waals surface area contributed by atoms with Gasteiger partial charge in [0.15, 0.2) is 0 Å². The molecule has 2 aliphatic rings. The normalized spacial score (nSPS) is 13.9. The molecule has 164 valence electrons. The summed E-state index contributed by atoms with van der Waals surface area (Å²) < 4.78 is 0. The van der Waals surface area contributed by atoms with E-state index in [0.717, 1.165) is 70.3 Å². The van der Waals surface area contributed by atoms with E-state index in [1.807, 2.05) is 37.3 Å². The van der Waals surface area contributed by atoms with Crippen molar-refractivity contribution >= 4 is 44.0 Å². The van der Waals surface area contributed by atoms with Gasteiger partial charge in [-0.3, -0.25) is 0 Å². The Kier molecular flexibility index (Phi) is 4.13. The van der Waals surface area contributed by atoms with Crippen molar-refractivity contribution in [3.8, 4) is 40.5 Å². The van der Waals surface area contributed by atoms with Gasteiger partial charge < -0.3 is 0 Å². The van der Waals surface area contributed by atoms with Crippen LogP contribution in [0.15, 0.2) is 83.9 Å². The van der Waals surface area contributed by atoms with Crippen molar-refractivity contribution in [1.82, 2.24) is 0 Å². The van der Waals surface area contributed by atoms with Gasteiger partial charge in [0.05, 0.1) is 6.07 Å². The lowest BCUT2D eigenvalue weighted by Crippen LogP contribution is -1.87. The van der Waals surface area contributed by atoms with Crippen LogP contribution in [0.2, 0.25) is 0 Å². The van der Waals surface area contributed by atoms with Gasteiger partial charge in [-0.2, -0.15) is 15.8 Å². The van der Waals surface area contributed by atoms with Crippen molar-refractivity contribution in [1.29, 1.82) is 15.8 Å². The monoisotopic (exact) mass is 473 g/mol. The highest BCUT2D eigenvalue weighted by Crippen LogP contribution is 2.63. The summed E-state index contributed by atoms with van der Waals surface area (Å²) in [7, 11) is 0. The van der Waals surface area contributed by atoms with E-state index in [2.05, 4.69) is 60.7 Å². The molecule has 0 N–H and O–H groups in total. The minimum atomic E-state index is 0.117. The van der Waals surface area contributed by atoms with Gasteiger partial charge in [0, 0.05) is 37.6 Å². The third-order valence-corrected chi connectivity index (χ3v) is 8.50. The zero-order valence-corrected chi connectivity index (χ0v) is 20.0. The minimum Gasteiger partial charge on any atom is -0.193 e. The molecule has 0 atom stereocenters. The fraction of sp³-hybridized carbons (Fsp3) is 0.0312. The van der Waals surface area contributed by atoms with Crippen molar-refractivity contribution in [2.24, 2.45) is 0 Å². The van der Waals surface area contributed by atoms with Crippen LogP contribution in [0.25, 0.3) is 54.9 Å². The third kappa shape index (κ3) is 2.43. The van der Waals surface area contributed by atoms with Crippen LogP contribution in [0.1, 0.15) is 27.8 Å². The number of fused-ring (bicyclic) bond motifs is 11. The molecule has 2 aliphatic carbocycles. The van der Waals surface area contributed by atoms with Crippen LogP contribution in [0.3, 0.4) is 0 Å². The maximum absolute atomic E-state index is 9.92. The number of nitrogens with zero attached hydrogens (tertiary/aromatic N) is 3. The van der Waals surface area contributed by atoms with Crippen LogP contribution in [0, 0.1) is 34.0 Å². The lowest BCUT2D eigenvalue weighted by molar-refractivity contribution is 1.45. The van der Waals surface area contributed by atoms with E-state index in [0.29, 0.717) is 11.1 Å². The summed E-state index contributed by atoms with van der Waals surface area (Å²) in [6.07, 6.45) is 0. The zero-order chi connectivity index (χ0) is 24.6. The quantitative estimate of drug-likeness (QED) is 0.208. The lowest BCUT2D eigenvalue weighted by Gasteiger charge is -2.11. The van der Waals surface area contributed by atoms with Gasteiger partial charge in [-0.15, -0.1) is 11.3 Å². The predicted molar refractivity (Wildman–Crippen MR) is 145 cm³/mol. The highest BCUT2D eigenvalue weighted by Gasteiger charge is 2.40. The first-order valence-electron chi connectivity index (χ1n) is 11.6. The highest BCUT2D eigenvalue weighted by atomic mass is 32.1. The molecule has 0 amide bonds. The molecule has 36 heavy (non-hydrogen) atoms. The number of benzene rings is 4. The van der Waals surface area contributed by atoms with Gasteiger partial charge in [0.25, 0.3) is 0 Å². The average molecular weight is 474 g/mol. The number of hydrogen-bond donors (Lipinski definition) is 0. The third-order valence-electron chi connectivity index (χ3n) is 7.28. The Labute approximate surface area is 211 Å². The van der Waals surface area contributed by atoms with Crippen molar-refractivity contribution < 1.29 is 0 Å². The number of nitriles is 3. The molecule has 7 rings (SSSR count). The van der Waals surface area contributed by atoms with E-state index in [-0.39, 0.29) is 5.57 Å². The summed E-state index contributed by atoms with van der Waals surface area (Å²) in [4.78, 5) is 1.97. The second kappa shape index (κ2) is 7.27. The van der Waals surface area contributed by atoms with Crippen LogP contribution >= 0.6 is 11.3 Å². The largest absolute Gasteiger partial charge is 0.193 e. The van der Waals surface area contributed by atoms with Crippen LogP contribution in [-0.2, 0) is 0 Å². The van der Waals surface area contributed by atoms with Crippen molar-refractivity contribution in [3.63, 3.8) is 0 Å². The van der Waals surface area contributed by atoms with Gasteiger partial charge in [0.1, 0.15) is 17.7 Å². The SMILES string of the molecule is C/C(C#N)=C1/c2ccc3ccccc3c2-c2c1sc1c2-c2c(ccc3ccccc23)C1=C(C#N)C#N. The fourth-order valence-corrected chi connectivity index (χ4v) is 7.31. The molecule has 4 aromatic carbocycles. The molecular weight excluding hydrogens is 458 g/mol. The van der Waals surface area contributed by atoms with E-state index in [4.69, 9.17) is 0 Å². The van der Waals surface area contributed by atoms with Crippen LogP contribution in [0.4, 0.5) is 0 Å². The second-order valence-corrected chi connectivity index (χ2v) is 10.0. The number of allylic oxidation sites excluding steroid dienone is 2. The fourth-order valence-electron chi connectivity index (χ4n) is 5.82. The first kappa shape index (κ1) is 20.4. The summed E-state index contributed by atoms with van der Waals surface area (Å²) >= 11 is 1.59. The molecule has 0 radical (unpaired) electrons. The van der Waals surface area contributed by atoms with Gasteiger partial charge in [-0.1, -0.05) is 72.8 Å². The Hall–Kier alpha value is -4.95. The number of thiophene rings is 1. The molecule has 5 aromatic rings. The number of hydrogen-bond acceptors (Lipinski definition) is 4. The van der Waals surface area contributed by atoms with E-state index in [1.165, 1.54) is 0 Å². The van der Waals surface area contributed by atoms with Crippen molar-refractivity contribution in [2.45, 2.75) is 6.92 Å². The standard InChI is InChI=1S/C32H15N3S/c1-17(14-33)25-23-12-10-18-6-2-4-8-21(18)27(23)29-30-28-22-9-5-3-7-19(22)11-13-24(28)26(20(15-34)16-35)32(30)36-31(25)29/h2-13H,1H3/b25-17+.